The van der Waals surface area contributed by atoms with Crippen molar-refractivity contribution < 1.29 is 19.5 Å². The Kier molecular flexibility index (Phi) is 6.30. The van der Waals surface area contributed by atoms with Crippen LogP contribution in [-0.4, -0.2) is 26.5 Å². The van der Waals surface area contributed by atoms with Gasteiger partial charge in [-0.1, -0.05) is 40.5 Å². The third-order valence-electron chi connectivity index (χ3n) is 8.61. The highest BCUT2D eigenvalue weighted by atomic mass is 35.5. The van der Waals surface area contributed by atoms with E-state index in [4.69, 9.17) is 37.4 Å². The number of hydrogen-bond acceptors (Lipinski definition) is 7. The lowest BCUT2D eigenvalue weighted by Gasteiger charge is -2.41. The van der Waals surface area contributed by atoms with Crippen LogP contribution < -0.4 is 0 Å². The minimum atomic E-state index is -0.935. The van der Waals surface area contributed by atoms with Crippen molar-refractivity contribution in [3.05, 3.63) is 68.3 Å². The first-order valence-electron chi connectivity index (χ1n) is 13.2. The maximum absolute atomic E-state index is 12.0. The molecule has 0 amide bonds. The maximum Gasteiger partial charge on any atom is 0.145 e. The first-order valence-corrected chi connectivity index (χ1v) is 14.8. The Hall–Kier alpha value is -2.00. The Morgan fingerprint density at radius 1 is 1.05 bits per heavy atom. The van der Waals surface area contributed by atoms with E-state index in [2.05, 4.69) is 5.16 Å². The molecular weight excluding hydrogens is 543 g/mol. The zero-order valence-electron chi connectivity index (χ0n) is 20.7. The van der Waals surface area contributed by atoms with Gasteiger partial charge in [-0.3, -0.25) is 0 Å². The minimum Gasteiger partial charge on any atom is -0.392 e. The largest absolute Gasteiger partial charge is 0.392 e. The molecule has 3 fully saturated rings. The normalized spacial score (nSPS) is 26.9. The molecule has 0 aliphatic heterocycles. The van der Waals surface area contributed by atoms with Gasteiger partial charge in [0, 0.05) is 17.0 Å². The van der Waals surface area contributed by atoms with Crippen LogP contribution in [0.4, 0.5) is 0 Å². The average molecular weight is 572 g/mol. The zero-order valence-corrected chi connectivity index (χ0v) is 23.0. The van der Waals surface area contributed by atoms with Crippen LogP contribution in [0.5, 0.6) is 0 Å². The van der Waals surface area contributed by atoms with Gasteiger partial charge in [0.2, 0.25) is 0 Å². The summed E-state index contributed by atoms with van der Waals surface area (Å²) >= 11 is 14.6. The number of hydrogen-bond donors (Lipinski definition) is 2. The van der Waals surface area contributed by atoms with E-state index in [0.29, 0.717) is 33.8 Å². The van der Waals surface area contributed by atoms with Gasteiger partial charge in [-0.2, -0.15) is 0 Å². The molecule has 0 saturated heterocycles. The fraction of sp³-hybridized carbons (Fsp3) is 0.448. The Morgan fingerprint density at radius 2 is 1.79 bits per heavy atom. The summed E-state index contributed by atoms with van der Waals surface area (Å²) in [6.07, 6.45) is 5.66. The summed E-state index contributed by atoms with van der Waals surface area (Å²) in [6, 6.07) is 11.2. The van der Waals surface area contributed by atoms with Crippen molar-refractivity contribution in [3.63, 3.8) is 0 Å². The first-order chi connectivity index (χ1) is 18.5. The number of nitrogens with zero attached hydrogens (tertiary/aromatic N) is 2. The Morgan fingerprint density at radius 3 is 2.47 bits per heavy atom. The quantitative estimate of drug-likeness (QED) is 0.244. The number of thiazole rings is 1. The van der Waals surface area contributed by atoms with Crippen LogP contribution in [0.15, 0.2) is 40.9 Å². The molecule has 6 nitrogen and oxygen atoms in total. The monoisotopic (exact) mass is 570 g/mol. The van der Waals surface area contributed by atoms with Gasteiger partial charge in [-0.15, -0.1) is 11.3 Å². The number of aliphatic hydroxyl groups excluding tert-OH is 1. The highest BCUT2D eigenvalue weighted by Gasteiger charge is 2.56. The molecule has 0 unspecified atom stereocenters. The van der Waals surface area contributed by atoms with E-state index in [-0.39, 0.29) is 24.5 Å². The van der Waals surface area contributed by atoms with E-state index in [1.807, 2.05) is 36.4 Å². The fourth-order valence-corrected chi connectivity index (χ4v) is 8.33. The molecule has 3 aliphatic carbocycles. The lowest BCUT2D eigenvalue weighted by atomic mass is 9.73. The van der Waals surface area contributed by atoms with E-state index in [9.17, 15) is 10.2 Å². The Labute approximate surface area is 234 Å². The summed E-state index contributed by atoms with van der Waals surface area (Å²) in [6.45, 7) is 0.372. The highest BCUT2D eigenvalue weighted by Crippen LogP contribution is 2.57. The molecule has 2 bridgehead atoms. The molecule has 7 rings (SSSR count). The lowest BCUT2D eigenvalue weighted by Crippen LogP contribution is -2.44. The van der Waals surface area contributed by atoms with Crippen LogP contribution in [0.1, 0.15) is 66.3 Å². The third kappa shape index (κ3) is 4.10. The van der Waals surface area contributed by atoms with E-state index in [0.717, 1.165) is 70.6 Å². The second-order valence-corrected chi connectivity index (χ2v) is 12.8. The molecule has 38 heavy (non-hydrogen) atoms. The smallest absolute Gasteiger partial charge is 0.145 e. The number of rotatable bonds is 7. The van der Waals surface area contributed by atoms with Crippen molar-refractivity contribution in [1.29, 1.82) is 0 Å². The summed E-state index contributed by atoms with van der Waals surface area (Å²) in [5, 5.41) is 27.8. The second kappa shape index (κ2) is 9.58. The molecule has 3 saturated carbocycles. The van der Waals surface area contributed by atoms with Crippen molar-refractivity contribution in [2.24, 2.45) is 11.8 Å². The van der Waals surface area contributed by atoms with E-state index < -0.39 is 5.60 Å². The predicted octanol–water partition coefficient (Wildman–Crippen LogP) is 7.22. The molecule has 0 radical (unpaired) electrons. The Bertz CT molecular complexity index is 1480. The van der Waals surface area contributed by atoms with Gasteiger partial charge in [-0.25, -0.2) is 4.98 Å². The van der Waals surface area contributed by atoms with Gasteiger partial charge in [0.05, 0.1) is 39.6 Å². The molecule has 198 valence electrons. The average Bonchev–Trinajstić information content (AvgIpc) is 3.50. The molecule has 3 aliphatic rings. The fourth-order valence-electron chi connectivity index (χ4n) is 6.48. The van der Waals surface area contributed by atoms with Gasteiger partial charge < -0.3 is 19.5 Å². The minimum absolute atomic E-state index is 0.00322. The number of benzene rings is 2. The molecule has 4 atom stereocenters. The van der Waals surface area contributed by atoms with E-state index >= 15 is 0 Å². The molecule has 2 N–H and O–H groups in total. The molecule has 4 aromatic rings. The van der Waals surface area contributed by atoms with Gasteiger partial charge in [0.25, 0.3) is 0 Å². The van der Waals surface area contributed by atoms with Crippen LogP contribution in [0.25, 0.3) is 21.5 Å². The molecule has 2 aromatic heterocycles. The van der Waals surface area contributed by atoms with Crippen molar-refractivity contribution in [2.45, 2.75) is 69.4 Å². The lowest BCUT2D eigenvalue weighted by molar-refractivity contribution is -0.116. The third-order valence-corrected chi connectivity index (χ3v) is 10.4. The second-order valence-electron chi connectivity index (χ2n) is 10.9. The van der Waals surface area contributed by atoms with Gasteiger partial charge in [0.1, 0.15) is 22.1 Å². The van der Waals surface area contributed by atoms with Crippen molar-refractivity contribution in [3.8, 4) is 11.3 Å². The van der Waals surface area contributed by atoms with E-state index in [1.165, 1.54) is 0 Å². The summed E-state index contributed by atoms with van der Waals surface area (Å²) in [5.74, 6) is 1.43. The van der Waals surface area contributed by atoms with Crippen molar-refractivity contribution in [1.82, 2.24) is 10.1 Å². The maximum atomic E-state index is 12.0. The SMILES string of the molecule is OCc1ccc2nc([C@@]3(O)[C@@H]4CC[C@H]3C[C@@H](OCc3c(-c5c(Cl)cccc5Cl)noc3C3CC3)C4)sc2c1. The van der Waals surface area contributed by atoms with Crippen LogP contribution in [0.2, 0.25) is 10.0 Å². The van der Waals surface area contributed by atoms with Crippen molar-refractivity contribution >= 4 is 44.8 Å². The molecule has 9 heteroatoms. The summed E-state index contributed by atoms with van der Waals surface area (Å²) < 4.78 is 13.4. The Balaban J connectivity index is 1.13. The summed E-state index contributed by atoms with van der Waals surface area (Å²) in [7, 11) is 0. The van der Waals surface area contributed by atoms with Crippen LogP contribution >= 0.6 is 34.5 Å². The molecule has 0 spiro atoms. The first kappa shape index (κ1) is 25.0. The standard InChI is InChI=1S/C29H28Cl2N2O4S/c30-21-2-1-3-22(31)25(21)26-20(27(37-33-26)16-5-6-16)14-36-19-11-17-7-8-18(12-19)29(17,35)28-32-23-9-4-15(13-34)10-24(23)38-28/h1-4,9-10,16-19,34-35H,5-8,11-14H2/t17-,18+,19+,29-. The van der Waals surface area contributed by atoms with Crippen LogP contribution in [0, 0.1) is 11.8 Å². The van der Waals surface area contributed by atoms with Gasteiger partial charge >= 0.3 is 0 Å². The van der Waals surface area contributed by atoms with Gasteiger partial charge in [0.15, 0.2) is 0 Å². The van der Waals surface area contributed by atoms with Crippen LogP contribution in [0.3, 0.4) is 0 Å². The van der Waals surface area contributed by atoms with Crippen molar-refractivity contribution in [2.75, 3.05) is 0 Å². The zero-order chi connectivity index (χ0) is 26.0. The summed E-state index contributed by atoms with van der Waals surface area (Å²) in [4.78, 5) is 4.84. The number of aliphatic hydroxyl groups is 2. The number of fused-ring (bicyclic) bond motifs is 3. The molecule has 2 aromatic carbocycles. The molecular formula is C29H28Cl2N2O4S. The number of ether oxygens (including phenoxy) is 1. The van der Waals surface area contributed by atoms with E-state index in [1.54, 1.807) is 11.3 Å². The number of halogens is 2. The van der Waals surface area contributed by atoms with Gasteiger partial charge in [-0.05, 0) is 80.2 Å². The molecule has 2 heterocycles. The number of aromatic nitrogens is 2. The predicted molar refractivity (Wildman–Crippen MR) is 147 cm³/mol. The highest BCUT2D eigenvalue weighted by molar-refractivity contribution is 7.18. The summed E-state index contributed by atoms with van der Waals surface area (Å²) in [5.41, 5.74) is 3.07. The van der Waals surface area contributed by atoms with Crippen LogP contribution in [-0.2, 0) is 23.6 Å². The topological polar surface area (TPSA) is 88.6 Å².